The van der Waals surface area contributed by atoms with Crippen LogP contribution in [0.1, 0.15) is 14.6 Å². The standard InChI is InChI=1S/C12H15NOS2/c1-9-3-4-10(16-9)7-13-8-12-11(14-2)5-6-15-12/h3-6,13H,7-8H2,1-2H3. The van der Waals surface area contributed by atoms with Crippen LogP contribution in [-0.4, -0.2) is 7.11 Å². The number of hydrogen-bond acceptors (Lipinski definition) is 4. The van der Waals surface area contributed by atoms with Crippen molar-refractivity contribution >= 4 is 22.7 Å². The number of ether oxygens (including phenoxy) is 1. The van der Waals surface area contributed by atoms with Crippen LogP contribution in [-0.2, 0) is 13.1 Å². The molecule has 0 saturated heterocycles. The van der Waals surface area contributed by atoms with Crippen LogP contribution in [0.25, 0.3) is 0 Å². The normalized spacial score (nSPS) is 10.6. The lowest BCUT2D eigenvalue weighted by Gasteiger charge is -2.03. The smallest absolute Gasteiger partial charge is 0.134 e. The minimum Gasteiger partial charge on any atom is -0.496 e. The van der Waals surface area contributed by atoms with E-state index >= 15 is 0 Å². The van der Waals surface area contributed by atoms with Crippen LogP contribution in [0.4, 0.5) is 0 Å². The number of aryl methyl sites for hydroxylation is 1. The van der Waals surface area contributed by atoms with E-state index in [0.29, 0.717) is 0 Å². The summed E-state index contributed by atoms with van der Waals surface area (Å²) >= 11 is 3.57. The molecule has 0 unspecified atom stereocenters. The van der Waals surface area contributed by atoms with E-state index in [9.17, 15) is 0 Å². The van der Waals surface area contributed by atoms with Gasteiger partial charge in [0.2, 0.25) is 0 Å². The molecule has 2 heterocycles. The van der Waals surface area contributed by atoms with E-state index in [4.69, 9.17) is 4.74 Å². The Morgan fingerprint density at radius 1 is 1.25 bits per heavy atom. The highest BCUT2D eigenvalue weighted by atomic mass is 32.1. The molecule has 0 fully saturated rings. The summed E-state index contributed by atoms with van der Waals surface area (Å²) in [6.07, 6.45) is 0. The van der Waals surface area contributed by atoms with Crippen molar-refractivity contribution in [2.45, 2.75) is 20.0 Å². The van der Waals surface area contributed by atoms with Crippen molar-refractivity contribution in [1.82, 2.24) is 5.32 Å². The molecule has 2 aromatic heterocycles. The largest absolute Gasteiger partial charge is 0.496 e. The van der Waals surface area contributed by atoms with Gasteiger partial charge >= 0.3 is 0 Å². The molecule has 2 nitrogen and oxygen atoms in total. The summed E-state index contributed by atoms with van der Waals surface area (Å²) in [5.74, 6) is 0.986. The van der Waals surface area contributed by atoms with E-state index < -0.39 is 0 Å². The molecule has 0 spiro atoms. The molecule has 0 aliphatic carbocycles. The minimum atomic E-state index is 0.873. The first-order chi connectivity index (χ1) is 7.79. The molecular formula is C12H15NOS2. The van der Waals surface area contributed by atoms with Gasteiger partial charge < -0.3 is 10.1 Å². The van der Waals surface area contributed by atoms with E-state index in [0.717, 1.165) is 18.8 Å². The highest BCUT2D eigenvalue weighted by Gasteiger charge is 2.03. The Bertz CT molecular complexity index is 447. The van der Waals surface area contributed by atoms with E-state index in [1.54, 1.807) is 18.4 Å². The molecule has 86 valence electrons. The Morgan fingerprint density at radius 2 is 2.12 bits per heavy atom. The van der Waals surface area contributed by atoms with Crippen molar-refractivity contribution in [3.8, 4) is 5.75 Å². The summed E-state index contributed by atoms with van der Waals surface area (Å²) < 4.78 is 5.27. The second kappa shape index (κ2) is 5.48. The molecule has 0 bridgehead atoms. The second-order valence-electron chi connectivity index (χ2n) is 3.53. The second-order valence-corrected chi connectivity index (χ2v) is 5.90. The predicted octanol–water partition coefficient (Wildman–Crippen LogP) is 3.42. The number of nitrogens with one attached hydrogen (secondary N) is 1. The molecule has 0 amide bonds. The number of thiophene rings is 2. The Morgan fingerprint density at radius 3 is 2.81 bits per heavy atom. The van der Waals surface area contributed by atoms with Gasteiger partial charge in [0, 0.05) is 22.8 Å². The molecule has 2 rings (SSSR count). The molecule has 4 heteroatoms. The van der Waals surface area contributed by atoms with Crippen LogP contribution in [0, 0.1) is 6.92 Å². The molecule has 0 aromatic carbocycles. The fourth-order valence-electron chi connectivity index (χ4n) is 1.52. The fourth-order valence-corrected chi connectivity index (χ4v) is 3.19. The molecule has 0 aliphatic rings. The third kappa shape index (κ3) is 2.84. The first-order valence-electron chi connectivity index (χ1n) is 5.16. The van der Waals surface area contributed by atoms with Crippen LogP contribution in [0.5, 0.6) is 5.75 Å². The summed E-state index contributed by atoms with van der Waals surface area (Å²) in [5, 5.41) is 5.49. The van der Waals surface area contributed by atoms with Crippen molar-refractivity contribution in [1.29, 1.82) is 0 Å². The van der Waals surface area contributed by atoms with Gasteiger partial charge in [0.05, 0.1) is 12.0 Å². The number of rotatable bonds is 5. The lowest BCUT2D eigenvalue weighted by Crippen LogP contribution is -2.11. The first-order valence-corrected chi connectivity index (χ1v) is 6.85. The zero-order valence-electron chi connectivity index (χ0n) is 9.45. The van der Waals surface area contributed by atoms with Gasteiger partial charge in [-0.3, -0.25) is 0 Å². The Balaban J connectivity index is 1.84. The van der Waals surface area contributed by atoms with Crippen molar-refractivity contribution in [2.75, 3.05) is 7.11 Å². The molecule has 0 aliphatic heterocycles. The molecule has 0 atom stereocenters. The number of methoxy groups -OCH3 is 1. The third-order valence-electron chi connectivity index (χ3n) is 2.31. The van der Waals surface area contributed by atoms with E-state index in [1.165, 1.54) is 14.6 Å². The Kier molecular flexibility index (Phi) is 3.98. The van der Waals surface area contributed by atoms with Crippen LogP contribution in [0.15, 0.2) is 23.6 Å². The molecule has 0 radical (unpaired) electrons. The van der Waals surface area contributed by atoms with Crippen LogP contribution in [0.2, 0.25) is 0 Å². The SMILES string of the molecule is COc1ccsc1CNCc1ccc(C)s1. The summed E-state index contributed by atoms with van der Waals surface area (Å²) in [5.41, 5.74) is 0. The van der Waals surface area contributed by atoms with Crippen LogP contribution < -0.4 is 10.1 Å². The molecule has 1 N–H and O–H groups in total. The minimum absolute atomic E-state index is 0.873. The molecule has 2 aromatic rings. The van der Waals surface area contributed by atoms with Crippen LogP contribution >= 0.6 is 22.7 Å². The third-order valence-corrected chi connectivity index (χ3v) is 4.21. The molecular weight excluding hydrogens is 238 g/mol. The predicted molar refractivity (Wildman–Crippen MR) is 70.5 cm³/mol. The maximum absolute atomic E-state index is 5.27. The summed E-state index contributed by atoms with van der Waals surface area (Å²) in [7, 11) is 1.72. The average Bonchev–Trinajstić information content (AvgIpc) is 2.87. The van der Waals surface area contributed by atoms with Crippen LogP contribution in [0.3, 0.4) is 0 Å². The fraction of sp³-hybridized carbons (Fsp3) is 0.333. The summed E-state index contributed by atoms with van der Waals surface area (Å²) in [6.45, 7) is 3.94. The van der Waals surface area contributed by atoms with Crippen molar-refractivity contribution in [3.63, 3.8) is 0 Å². The maximum atomic E-state index is 5.27. The van der Waals surface area contributed by atoms with Gasteiger partial charge in [-0.15, -0.1) is 22.7 Å². The van der Waals surface area contributed by atoms with Gasteiger partial charge in [0.15, 0.2) is 0 Å². The lowest BCUT2D eigenvalue weighted by atomic mass is 10.4. The van der Waals surface area contributed by atoms with E-state index in [1.807, 2.05) is 17.4 Å². The first kappa shape index (κ1) is 11.6. The molecule has 0 saturated carbocycles. The topological polar surface area (TPSA) is 21.3 Å². The highest BCUT2D eigenvalue weighted by Crippen LogP contribution is 2.24. The monoisotopic (exact) mass is 253 g/mol. The lowest BCUT2D eigenvalue weighted by molar-refractivity contribution is 0.410. The van der Waals surface area contributed by atoms with Crippen molar-refractivity contribution < 1.29 is 4.74 Å². The average molecular weight is 253 g/mol. The summed E-state index contributed by atoms with van der Waals surface area (Å²) in [6, 6.07) is 6.35. The van der Waals surface area contributed by atoms with Gasteiger partial charge in [-0.2, -0.15) is 0 Å². The van der Waals surface area contributed by atoms with E-state index in [2.05, 4.69) is 29.8 Å². The molecule has 16 heavy (non-hydrogen) atoms. The van der Waals surface area contributed by atoms with Gasteiger partial charge in [-0.1, -0.05) is 0 Å². The summed E-state index contributed by atoms with van der Waals surface area (Å²) in [4.78, 5) is 4.01. The van der Waals surface area contributed by atoms with Crippen molar-refractivity contribution in [2.24, 2.45) is 0 Å². The Labute approximate surface area is 104 Å². The van der Waals surface area contributed by atoms with Gasteiger partial charge in [0.1, 0.15) is 5.75 Å². The zero-order valence-corrected chi connectivity index (χ0v) is 11.1. The van der Waals surface area contributed by atoms with Gasteiger partial charge in [0.25, 0.3) is 0 Å². The van der Waals surface area contributed by atoms with Crippen molar-refractivity contribution in [3.05, 3.63) is 38.2 Å². The Hall–Kier alpha value is -0.840. The van der Waals surface area contributed by atoms with Gasteiger partial charge in [-0.25, -0.2) is 0 Å². The number of hydrogen-bond donors (Lipinski definition) is 1. The van der Waals surface area contributed by atoms with E-state index in [-0.39, 0.29) is 0 Å². The highest BCUT2D eigenvalue weighted by molar-refractivity contribution is 7.11. The quantitative estimate of drug-likeness (QED) is 0.881. The maximum Gasteiger partial charge on any atom is 0.134 e. The van der Waals surface area contributed by atoms with Gasteiger partial charge in [-0.05, 0) is 30.5 Å². The zero-order chi connectivity index (χ0) is 11.4.